The van der Waals surface area contributed by atoms with Crippen molar-refractivity contribution in [2.45, 2.75) is 13.8 Å². The van der Waals surface area contributed by atoms with E-state index in [9.17, 15) is 0 Å². The normalized spacial score (nSPS) is 10.5. The highest BCUT2D eigenvalue weighted by molar-refractivity contribution is 7.08. The van der Waals surface area contributed by atoms with Crippen LogP contribution < -0.4 is 0 Å². The zero-order valence-corrected chi connectivity index (χ0v) is 7.67. The number of aromatic nitrogens is 4. The minimum atomic E-state index is 0.795. The van der Waals surface area contributed by atoms with Crippen molar-refractivity contribution >= 4 is 11.5 Å². The summed E-state index contributed by atoms with van der Waals surface area (Å²) in [4.78, 5) is 4.20. The van der Waals surface area contributed by atoms with Gasteiger partial charge < -0.3 is 0 Å². The molecule has 62 valence electrons. The Kier molecular flexibility index (Phi) is 1.65. The molecule has 0 saturated carbocycles. The van der Waals surface area contributed by atoms with E-state index in [4.69, 9.17) is 0 Å². The van der Waals surface area contributed by atoms with Crippen LogP contribution in [0.4, 0.5) is 0 Å². The fourth-order valence-corrected chi connectivity index (χ4v) is 1.51. The van der Waals surface area contributed by atoms with Crippen molar-refractivity contribution in [2.75, 3.05) is 0 Å². The summed E-state index contributed by atoms with van der Waals surface area (Å²) >= 11 is 1.36. The third-order valence-electron chi connectivity index (χ3n) is 1.44. The zero-order chi connectivity index (χ0) is 8.55. The van der Waals surface area contributed by atoms with Crippen LogP contribution in [0.2, 0.25) is 0 Å². The maximum atomic E-state index is 4.22. The van der Waals surface area contributed by atoms with Gasteiger partial charge in [0.15, 0.2) is 0 Å². The quantitative estimate of drug-likeness (QED) is 0.665. The molecule has 5 heteroatoms. The molecule has 4 nitrogen and oxygen atoms in total. The average molecular weight is 180 g/mol. The monoisotopic (exact) mass is 180 g/mol. The van der Waals surface area contributed by atoms with Crippen molar-refractivity contribution in [1.82, 2.24) is 19.1 Å². The fourth-order valence-electron chi connectivity index (χ4n) is 0.901. The minimum absolute atomic E-state index is 0.795. The van der Waals surface area contributed by atoms with Crippen molar-refractivity contribution in [3.8, 4) is 5.13 Å². The lowest BCUT2D eigenvalue weighted by Crippen LogP contribution is -1.93. The molecule has 2 aromatic rings. The molecule has 0 aromatic carbocycles. The number of hydrogen-bond acceptors (Lipinski definition) is 4. The molecule has 2 heterocycles. The van der Waals surface area contributed by atoms with Crippen LogP contribution in [0.15, 0.2) is 12.3 Å². The predicted molar refractivity (Wildman–Crippen MR) is 46.5 cm³/mol. The van der Waals surface area contributed by atoms with Crippen LogP contribution in [0.1, 0.15) is 11.5 Å². The molecule has 0 bridgehead atoms. The van der Waals surface area contributed by atoms with Crippen LogP contribution in [0.5, 0.6) is 0 Å². The van der Waals surface area contributed by atoms with Crippen LogP contribution >= 0.6 is 11.5 Å². The lowest BCUT2D eigenvalue weighted by atomic mass is 10.5. The maximum Gasteiger partial charge on any atom is 0.230 e. The third-order valence-corrected chi connectivity index (χ3v) is 2.23. The molecule has 0 amide bonds. The molecule has 0 aliphatic carbocycles. The van der Waals surface area contributed by atoms with E-state index in [0.29, 0.717) is 0 Å². The predicted octanol–water partition coefficient (Wildman–Crippen LogP) is 1.34. The summed E-state index contributed by atoms with van der Waals surface area (Å²) in [7, 11) is 0. The smallest absolute Gasteiger partial charge is 0.212 e. The number of nitrogens with zero attached hydrogens (tertiary/aromatic N) is 4. The Morgan fingerprint density at radius 2 is 2.25 bits per heavy atom. The van der Waals surface area contributed by atoms with Crippen LogP contribution in [0.25, 0.3) is 5.13 Å². The van der Waals surface area contributed by atoms with Crippen molar-refractivity contribution in [2.24, 2.45) is 0 Å². The molecule has 0 aliphatic heterocycles. The molecule has 2 aromatic heterocycles. The Balaban J connectivity index is 2.43. The van der Waals surface area contributed by atoms with Crippen molar-refractivity contribution in [3.05, 3.63) is 23.8 Å². The fraction of sp³-hybridized carbons (Fsp3) is 0.286. The summed E-state index contributed by atoms with van der Waals surface area (Å²) in [5.41, 5.74) is 0.989. The first-order valence-corrected chi connectivity index (χ1v) is 4.36. The molecule has 0 radical (unpaired) electrons. The van der Waals surface area contributed by atoms with Gasteiger partial charge in [-0.2, -0.15) is 9.47 Å². The molecular weight excluding hydrogens is 172 g/mol. The van der Waals surface area contributed by atoms with E-state index in [1.165, 1.54) is 11.5 Å². The van der Waals surface area contributed by atoms with Gasteiger partial charge in [-0.25, -0.2) is 9.67 Å². The van der Waals surface area contributed by atoms with Gasteiger partial charge in [-0.05, 0) is 19.9 Å². The highest BCUT2D eigenvalue weighted by Gasteiger charge is 2.02. The molecular formula is C7H8N4S. The first-order chi connectivity index (χ1) is 5.75. The summed E-state index contributed by atoms with van der Waals surface area (Å²) in [5, 5.41) is 5.04. The minimum Gasteiger partial charge on any atom is -0.212 e. The van der Waals surface area contributed by atoms with Gasteiger partial charge in [-0.3, -0.25) is 0 Å². The van der Waals surface area contributed by atoms with E-state index >= 15 is 0 Å². The number of aryl methyl sites for hydroxylation is 2. The van der Waals surface area contributed by atoms with Gasteiger partial charge in [0.05, 0.1) is 5.69 Å². The molecule has 12 heavy (non-hydrogen) atoms. The highest BCUT2D eigenvalue weighted by Crippen LogP contribution is 2.09. The Bertz CT molecular complexity index is 351. The SMILES string of the molecule is Cc1ccn(-c2nc(C)ns2)n1. The van der Waals surface area contributed by atoms with E-state index in [1.807, 2.05) is 26.1 Å². The van der Waals surface area contributed by atoms with Gasteiger partial charge in [0, 0.05) is 17.7 Å². The van der Waals surface area contributed by atoms with E-state index in [0.717, 1.165) is 16.6 Å². The lowest BCUT2D eigenvalue weighted by molar-refractivity contribution is 0.848. The average Bonchev–Trinajstić information content (AvgIpc) is 2.58. The van der Waals surface area contributed by atoms with Gasteiger partial charge in [0.2, 0.25) is 5.13 Å². The second-order valence-corrected chi connectivity index (χ2v) is 3.26. The molecule has 0 aliphatic rings. The summed E-state index contributed by atoms with van der Waals surface area (Å²) < 4.78 is 5.81. The summed E-state index contributed by atoms with van der Waals surface area (Å²) in [6.07, 6.45) is 1.88. The Hall–Kier alpha value is -1.23. The maximum absolute atomic E-state index is 4.22. The molecule has 0 fully saturated rings. The van der Waals surface area contributed by atoms with Gasteiger partial charge >= 0.3 is 0 Å². The van der Waals surface area contributed by atoms with E-state index in [2.05, 4.69) is 14.5 Å². The summed E-state index contributed by atoms with van der Waals surface area (Å²) in [6, 6.07) is 1.94. The summed E-state index contributed by atoms with van der Waals surface area (Å²) in [6.45, 7) is 3.82. The number of rotatable bonds is 1. The molecule has 0 N–H and O–H groups in total. The largest absolute Gasteiger partial charge is 0.230 e. The van der Waals surface area contributed by atoms with E-state index in [-0.39, 0.29) is 0 Å². The Labute approximate surface area is 74.0 Å². The first kappa shape index (κ1) is 7.42. The Morgan fingerprint density at radius 1 is 1.42 bits per heavy atom. The first-order valence-electron chi connectivity index (χ1n) is 3.58. The second-order valence-electron chi connectivity index (χ2n) is 2.53. The highest BCUT2D eigenvalue weighted by atomic mass is 32.1. The van der Waals surface area contributed by atoms with Gasteiger partial charge in [-0.15, -0.1) is 0 Å². The van der Waals surface area contributed by atoms with Gasteiger partial charge in [-0.1, -0.05) is 0 Å². The van der Waals surface area contributed by atoms with Crippen LogP contribution in [-0.2, 0) is 0 Å². The molecule has 0 spiro atoms. The van der Waals surface area contributed by atoms with E-state index in [1.54, 1.807) is 4.68 Å². The van der Waals surface area contributed by atoms with Crippen LogP contribution in [0, 0.1) is 13.8 Å². The zero-order valence-electron chi connectivity index (χ0n) is 6.85. The Morgan fingerprint density at radius 3 is 2.75 bits per heavy atom. The second kappa shape index (κ2) is 2.67. The van der Waals surface area contributed by atoms with E-state index < -0.39 is 0 Å². The molecule has 0 atom stereocenters. The molecule has 0 unspecified atom stereocenters. The van der Waals surface area contributed by atoms with Crippen LogP contribution in [-0.4, -0.2) is 19.1 Å². The standard InChI is InChI=1S/C7H8N4S/c1-5-3-4-11(9-5)7-8-6(2)10-12-7/h3-4H,1-2H3. The molecule has 2 rings (SSSR count). The molecule has 0 saturated heterocycles. The third kappa shape index (κ3) is 1.23. The van der Waals surface area contributed by atoms with Gasteiger partial charge in [0.25, 0.3) is 0 Å². The topological polar surface area (TPSA) is 43.6 Å². The lowest BCUT2D eigenvalue weighted by Gasteiger charge is -1.90. The van der Waals surface area contributed by atoms with Crippen molar-refractivity contribution < 1.29 is 0 Å². The summed E-state index contributed by atoms with van der Waals surface area (Å²) in [5.74, 6) is 0.795. The van der Waals surface area contributed by atoms with Gasteiger partial charge in [0.1, 0.15) is 5.82 Å². The van der Waals surface area contributed by atoms with Crippen molar-refractivity contribution in [1.29, 1.82) is 0 Å². The van der Waals surface area contributed by atoms with Crippen LogP contribution in [0.3, 0.4) is 0 Å². The van der Waals surface area contributed by atoms with Crippen molar-refractivity contribution in [3.63, 3.8) is 0 Å². The number of hydrogen-bond donors (Lipinski definition) is 0.